The normalized spacial score (nSPS) is 13.4. The molecule has 0 saturated carbocycles. The summed E-state index contributed by atoms with van der Waals surface area (Å²) >= 11 is 0. The molecule has 3 rings (SSSR count). The SMILES string of the molecule is C=CCCc1ccc(C)c(B(C(=C)/C=C(\C=C/C)c2ccc(/C=C/C=C\C=C/C)cc2)C(/C(C)=C\C)=c2\ccccc2=C)c1C. The summed E-state index contributed by atoms with van der Waals surface area (Å²) in [4.78, 5) is 0. The molecule has 0 heterocycles. The molecule has 0 aliphatic carbocycles. The first-order chi connectivity index (χ1) is 21.8. The van der Waals surface area contributed by atoms with E-state index in [4.69, 9.17) is 6.58 Å². The standard InChI is InChI=1S/C44H49B/c1-10-14-16-17-18-23-38-27-30-40(31-28-38)41(21-12-3)32-36(8)45(43-35(7)26-29-39(37(43)9)24-15-11-2)44(33(5)13-4)42-25-20-19-22-34(42)6/h10-14,16-23,25-32H,2,6,8,15,24H2,1,3-5,7,9H3/b14-10-,17-16-,21-12-,23-18+,33-13-,41-32+,44-42+. The van der Waals surface area contributed by atoms with Crippen LogP contribution >= 0.6 is 0 Å². The zero-order chi connectivity index (χ0) is 32.8. The highest BCUT2D eigenvalue weighted by Gasteiger charge is 2.29. The Kier molecular flexibility index (Phi) is 13.7. The minimum absolute atomic E-state index is 0.0563. The van der Waals surface area contributed by atoms with Gasteiger partial charge in [-0.1, -0.05) is 167 Å². The van der Waals surface area contributed by atoms with Crippen molar-refractivity contribution in [3.05, 3.63) is 184 Å². The minimum Gasteiger partial charge on any atom is -0.104 e. The molecule has 0 fully saturated rings. The molecule has 0 atom stereocenters. The lowest BCUT2D eigenvalue weighted by molar-refractivity contribution is 0.991. The van der Waals surface area contributed by atoms with Crippen LogP contribution in [-0.4, -0.2) is 6.71 Å². The fourth-order valence-corrected chi connectivity index (χ4v) is 5.81. The molecular formula is C44H49B. The van der Waals surface area contributed by atoms with Gasteiger partial charge in [0, 0.05) is 0 Å². The maximum atomic E-state index is 4.81. The van der Waals surface area contributed by atoms with Crippen molar-refractivity contribution in [3.8, 4) is 0 Å². The molecule has 3 aromatic rings. The largest absolute Gasteiger partial charge is 0.242 e. The fourth-order valence-electron chi connectivity index (χ4n) is 5.81. The van der Waals surface area contributed by atoms with Gasteiger partial charge in [-0.3, -0.25) is 0 Å². The van der Waals surface area contributed by atoms with Crippen molar-refractivity contribution in [1.82, 2.24) is 0 Å². The lowest BCUT2D eigenvalue weighted by Crippen LogP contribution is -2.43. The second kappa shape index (κ2) is 17.6. The van der Waals surface area contributed by atoms with Crippen molar-refractivity contribution < 1.29 is 0 Å². The van der Waals surface area contributed by atoms with Gasteiger partial charge in [-0.15, -0.1) is 13.2 Å². The van der Waals surface area contributed by atoms with Gasteiger partial charge in [0.15, 0.2) is 0 Å². The third kappa shape index (κ3) is 9.19. The van der Waals surface area contributed by atoms with Crippen LogP contribution in [0, 0.1) is 13.8 Å². The number of benzene rings is 3. The lowest BCUT2D eigenvalue weighted by Gasteiger charge is -2.26. The number of allylic oxidation sites excluding steroid dienone is 13. The molecule has 0 saturated heterocycles. The Hall–Kier alpha value is -4.62. The summed E-state index contributed by atoms with van der Waals surface area (Å²) in [5, 5.41) is 2.18. The van der Waals surface area contributed by atoms with Crippen molar-refractivity contribution >= 4 is 35.9 Å². The van der Waals surface area contributed by atoms with Gasteiger partial charge in [-0.25, -0.2) is 0 Å². The summed E-state index contributed by atoms with van der Waals surface area (Å²) in [5.41, 5.74) is 12.3. The van der Waals surface area contributed by atoms with E-state index >= 15 is 0 Å². The highest BCUT2D eigenvalue weighted by molar-refractivity contribution is 6.96. The molecule has 0 nitrogen and oxygen atoms in total. The van der Waals surface area contributed by atoms with Crippen LogP contribution < -0.4 is 15.9 Å². The van der Waals surface area contributed by atoms with Crippen LogP contribution in [0.25, 0.3) is 23.7 Å². The molecule has 0 amide bonds. The Morgan fingerprint density at radius 2 is 1.56 bits per heavy atom. The number of rotatable bonds is 13. The molecule has 0 radical (unpaired) electrons. The van der Waals surface area contributed by atoms with Crippen LogP contribution in [-0.2, 0) is 6.42 Å². The van der Waals surface area contributed by atoms with Gasteiger partial charge in [0.25, 0.3) is 0 Å². The van der Waals surface area contributed by atoms with Gasteiger partial charge in [0.2, 0.25) is 6.71 Å². The van der Waals surface area contributed by atoms with Crippen LogP contribution in [0.3, 0.4) is 0 Å². The molecule has 0 spiro atoms. The minimum atomic E-state index is -0.0563. The smallest absolute Gasteiger partial charge is 0.104 e. The Balaban J connectivity index is 2.28. The van der Waals surface area contributed by atoms with E-state index in [0.29, 0.717) is 0 Å². The first-order valence-corrected chi connectivity index (χ1v) is 16.0. The topological polar surface area (TPSA) is 0 Å². The summed E-state index contributed by atoms with van der Waals surface area (Å²) in [7, 11) is 0. The molecule has 3 aromatic carbocycles. The third-order valence-corrected chi connectivity index (χ3v) is 8.32. The second-order valence-corrected chi connectivity index (χ2v) is 11.4. The summed E-state index contributed by atoms with van der Waals surface area (Å²) in [5.74, 6) is 0. The van der Waals surface area contributed by atoms with Crippen molar-refractivity contribution in [2.45, 2.75) is 54.4 Å². The second-order valence-electron chi connectivity index (χ2n) is 11.4. The molecule has 0 unspecified atom stereocenters. The lowest BCUT2D eigenvalue weighted by atomic mass is 9.33. The molecule has 228 valence electrons. The molecule has 45 heavy (non-hydrogen) atoms. The monoisotopic (exact) mass is 588 g/mol. The molecule has 1 heteroatoms. The van der Waals surface area contributed by atoms with Gasteiger partial charge in [0.1, 0.15) is 0 Å². The van der Waals surface area contributed by atoms with Gasteiger partial charge >= 0.3 is 0 Å². The van der Waals surface area contributed by atoms with E-state index in [1.807, 2.05) is 37.3 Å². The van der Waals surface area contributed by atoms with E-state index in [1.165, 1.54) is 33.2 Å². The molecular weight excluding hydrogens is 539 g/mol. The van der Waals surface area contributed by atoms with Gasteiger partial charge in [-0.05, 0) is 87.1 Å². The van der Waals surface area contributed by atoms with Gasteiger partial charge < -0.3 is 0 Å². The molecule has 0 bridgehead atoms. The van der Waals surface area contributed by atoms with Crippen LogP contribution in [0.1, 0.15) is 61.9 Å². The first-order valence-electron chi connectivity index (χ1n) is 16.0. The summed E-state index contributed by atoms with van der Waals surface area (Å²) < 4.78 is 0. The highest BCUT2D eigenvalue weighted by Crippen LogP contribution is 2.27. The van der Waals surface area contributed by atoms with E-state index in [2.05, 4.69) is 145 Å². The molecule has 0 aliphatic heterocycles. The molecule has 0 aliphatic rings. The van der Waals surface area contributed by atoms with Crippen molar-refractivity contribution in [2.75, 3.05) is 0 Å². The zero-order valence-corrected chi connectivity index (χ0v) is 28.2. The Bertz CT molecular complexity index is 1780. The summed E-state index contributed by atoms with van der Waals surface area (Å²) in [6.07, 6.45) is 25.0. The number of hydrogen-bond acceptors (Lipinski definition) is 0. The van der Waals surface area contributed by atoms with E-state index in [9.17, 15) is 0 Å². The number of hydrogen-bond donors (Lipinski definition) is 0. The first kappa shape index (κ1) is 34.9. The fraction of sp³-hybridized carbons (Fsp3) is 0.182. The van der Waals surface area contributed by atoms with E-state index in [-0.39, 0.29) is 6.71 Å². The van der Waals surface area contributed by atoms with Crippen LogP contribution in [0.5, 0.6) is 0 Å². The maximum Gasteiger partial charge on any atom is 0.242 e. The average Bonchev–Trinajstić information content (AvgIpc) is 3.04. The third-order valence-electron chi connectivity index (χ3n) is 8.32. The van der Waals surface area contributed by atoms with Crippen molar-refractivity contribution in [1.29, 1.82) is 0 Å². The predicted molar refractivity (Wildman–Crippen MR) is 205 cm³/mol. The van der Waals surface area contributed by atoms with Crippen LogP contribution in [0.2, 0.25) is 0 Å². The Morgan fingerprint density at radius 1 is 0.844 bits per heavy atom. The van der Waals surface area contributed by atoms with E-state index < -0.39 is 0 Å². The Morgan fingerprint density at radius 3 is 2.20 bits per heavy atom. The summed E-state index contributed by atoms with van der Waals surface area (Å²) in [6, 6.07) is 21.8. The summed E-state index contributed by atoms with van der Waals surface area (Å²) in [6.45, 7) is 26.1. The zero-order valence-electron chi connectivity index (χ0n) is 28.2. The van der Waals surface area contributed by atoms with Crippen molar-refractivity contribution in [2.24, 2.45) is 0 Å². The van der Waals surface area contributed by atoms with Gasteiger partial charge in [0.05, 0.1) is 0 Å². The maximum absolute atomic E-state index is 4.81. The van der Waals surface area contributed by atoms with Crippen LogP contribution in [0.4, 0.5) is 0 Å². The predicted octanol–water partition coefficient (Wildman–Crippen LogP) is 9.79. The van der Waals surface area contributed by atoms with E-state index in [1.54, 1.807) is 0 Å². The van der Waals surface area contributed by atoms with E-state index in [0.717, 1.165) is 45.5 Å². The van der Waals surface area contributed by atoms with Crippen molar-refractivity contribution in [3.63, 3.8) is 0 Å². The van der Waals surface area contributed by atoms with Crippen LogP contribution in [0.15, 0.2) is 146 Å². The average molecular weight is 589 g/mol. The molecule has 0 N–H and O–H groups in total. The number of aryl methyl sites for hydroxylation is 2. The quantitative estimate of drug-likeness (QED) is 0.106. The van der Waals surface area contributed by atoms with Gasteiger partial charge in [-0.2, -0.15) is 0 Å². The Labute approximate surface area is 273 Å². The highest BCUT2D eigenvalue weighted by atomic mass is 14.1. The molecule has 0 aromatic heterocycles.